The van der Waals surface area contributed by atoms with E-state index in [-0.39, 0.29) is 5.92 Å². The predicted molar refractivity (Wildman–Crippen MR) is 92.4 cm³/mol. The summed E-state index contributed by atoms with van der Waals surface area (Å²) < 4.78 is 0.862. The molecule has 2 aliphatic rings. The van der Waals surface area contributed by atoms with Crippen LogP contribution in [0.4, 0.5) is 0 Å². The first kappa shape index (κ1) is 16.3. The van der Waals surface area contributed by atoms with Gasteiger partial charge in [0.05, 0.1) is 4.34 Å². The normalized spacial score (nSPS) is 21.8. The number of halogens is 1. The lowest BCUT2D eigenvalue weighted by Gasteiger charge is -2.33. The van der Waals surface area contributed by atoms with Crippen LogP contribution >= 0.6 is 22.9 Å². The number of carbonyl (C=O) groups excluding carboxylic acids is 1. The zero-order valence-electron chi connectivity index (χ0n) is 13.1. The fourth-order valence-electron chi connectivity index (χ4n) is 3.54. The van der Waals surface area contributed by atoms with Gasteiger partial charge in [-0.05, 0) is 50.9 Å². The van der Waals surface area contributed by atoms with Crippen molar-refractivity contribution < 1.29 is 4.79 Å². The number of thiophene rings is 1. The molecular formula is C17H25ClN2OS. The van der Waals surface area contributed by atoms with Crippen LogP contribution in [-0.4, -0.2) is 41.9 Å². The molecule has 2 saturated heterocycles. The van der Waals surface area contributed by atoms with E-state index in [0.29, 0.717) is 5.91 Å². The van der Waals surface area contributed by atoms with Gasteiger partial charge in [-0.25, -0.2) is 0 Å². The minimum absolute atomic E-state index is 0.251. The number of nitrogens with zero attached hydrogens (tertiary/aromatic N) is 2. The minimum atomic E-state index is 0.251. The van der Waals surface area contributed by atoms with Crippen LogP contribution in [0.15, 0.2) is 12.1 Å². The van der Waals surface area contributed by atoms with Crippen LogP contribution < -0.4 is 0 Å². The molecule has 2 aliphatic heterocycles. The number of carbonyl (C=O) groups is 1. The fraction of sp³-hybridized carbons (Fsp3) is 0.706. The molecule has 0 aromatic carbocycles. The van der Waals surface area contributed by atoms with Gasteiger partial charge in [0.25, 0.3) is 0 Å². The summed E-state index contributed by atoms with van der Waals surface area (Å²) in [4.78, 5) is 18.6. The third-order valence-corrected chi connectivity index (χ3v) is 6.08. The molecule has 0 N–H and O–H groups in total. The summed E-state index contributed by atoms with van der Waals surface area (Å²) in [6.45, 7) is 4.99. The van der Waals surface area contributed by atoms with Gasteiger partial charge in [0.1, 0.15) is 0 Å². The van der Waals surface area contributed by atoms with Gasteiger partial charge in [-0.15, -0.1) is 11.3 Å². The van der Waals surface area contributed by atoms with Crippen LogP contribution in [0.5, 0.6) is 0 Å². The summed E-state index contributed by atoms with van der Waals surface area (Å²) in [5.41, 5.74) is 0. The second kappa shape index (κ2) is 7.80. The third-order valence-electron chi connectivity index (χ3n) is 4.86. The molecule has 2 fully saturated rings. The van der Waals surface area contributed by atoms with Crippen molar-refractivity contribution in [3.63, 3.8) is 0 Å². The second-order valence-electron chi connectivity index (χ2n) is 6.50. The van der Waals surface area contributed by atoms with E-state index in [2.05, 4.69) is 15.9 Å². The van der Waals surface area contributed by atoms with E-state index in [1.54, 1.807) is 11.3 Å². The monoisotopic (exact) mass is 340 g/mol. The molecule has 1 aromatic rings. The average molecular weight is 341 g/mol. The lowest BCUT2D eigenvalue weighted by Crippen LogP contribution is -2.42. The van der Waals surface area contributed by atoms with E-state index in [1.807, 2.05) is 6.07 Å². The van der Waals surface area contributed by atoms with Crippen molar-refractivity contribution in [1.82, 2.24) is 9.80 Å². The van der Waals surface area contributed by atoms with Crippen LogP contribution in [0.3, 0.4) is 0 Å². The molecule has 0 bridgehead atoms. The molecule has 0 spiro atoms. The largest absolute Gasteiger partial charge is 0.342 e. The first-order chi connectivity index (χ1) is 10.7. The van der Waals surface area contributed by atoms with Crippen LogP contribution in [0.1, 0.15) is 43.4 Å². The van der Waals surface area contributed by atoms with Gasteiger partial charge >= 0.3 is 0 Å². The van der Waals surface area contributed by atoms with E-state index in [0.717, 1.165) is 49.9 Å². The topological polar surface area (TPSA) is 23.6 Å². The summed E-state index contributed by atoms with van der Waals surface area (Å²) in [6, 6.07) is 4.08. The van der Waals surface area contributed by atoms with E-state index in [1.165, 1.54) is 30.6 Å². The first-order valence-corrected chi connectivity index (χ1v) is 9.67. The van der Waals surface area contributed by atoms with Crippen LogP contribution in [-0.2, 0) is 11.3 Å². The third kappa shape index (κ3) is 4.24. The average Bonchev–Trinajstić information content (AvgIpc) is 2.78. The van der Waals surface area contributed by atoms with Gasteiger partial charge in [0.2, 0.25) is 5.91 Å². The van der Waals surface area contributed by atoms with Gasteiger partial charge in [-0.3, -0.25) is 9.69 Å². The number of hydrogen-bond donors (Lipinski definition) is 0. The summed E-state index contributed by atoms with van der Waals surface area (Å²) in [6.07, 6.45) is 6.95. The SMILES string of the molecule is O=C(C1CCN(Cc2ccc(Cl)s2)CC1)N1CCCCCC1. The Morgan fingerprint density at radius 1 is 1.09 bits per heavy atom. The van der Waals surface area contributed by atoms with Crippen molar-refractivity contribution in [1.29, 1.82) is 0 Å². The van der Waals surface area contributed by atoms with Gasteiger partial charge in [0, 0.05) is 30.4 Å². The smallest absolute Gasteiger partial charge is 0.225 e. The molecule has 22 heavy (non-hydrogen) atoms. The Morgan fingerprint density at radius 3 is 2.36 bits per heavy atom. The molecule has 0 saturated carbocycles. The molecular weight excluding hydrogens is 316 g/mol. The number of likely N-dealkylation sites (tertiary alicyclic amines) is 2. The van der Waals surface area contributed by atoms with E-state index < -0.39 is 0 Å². The van der Waals surface area contributed by atoms with E-state index in [4.69, 9.17) is 11.6 Å². The van der Waals surface area contributed by atoms with Crippen molar-refractivity contribution in [2.24, 2.45) is 5.92 Å². The maximum absolute atomic E-state index is 12.7. The second-order valence-corrected chi connectivity index (χ2v) is 8.30. The van der Waals surface area contributed by atoms with Gasteiger partial charge < -0.3 is 4.90 Å². The Bertz CT molecular complexity index is 489. The Morgan fingerprint density at radius 2 is 1.77 bits per heavy atom. The summed E-state index contributed by atoms with van der Waals surface area (Å²) in [5, 5.41) is 0. The molecule has 3 nitrogen and oxygen atoms in total. The quantitative estimate of drug-likeness (QED) is 0.829. The standard InChI is InChI=1S/C17H25ClN2OS/c18-16-6-5-15(22-16)13-19-11-7-14(8-12-19)17(21)20-9-3-1-2-4-10-20/h5-6,14H,1-4,7-13H2. The van der Waals surface area contributed by atoms with Gasteiger partial charge in [0.15, 0.2) is 0 Å². The van der Waals surface area contributed by atoms with Crippen LogP contribution in [0, 0.1) is 5.92 Å². The highest BCUT2D eigenvalue weighted by atomic mass is 35.5. The molecule has 3 heterocycles. The predicted octanol–water partition coefficient (Wildman–Crippen LogP) is 4.02. The van der Waals surface area contributed by atoms with Gasteiger partial charge in [-0.2, -0.15) is 0 Å². The lowest BCUT2D eigenvalue weighted by molar-refractivity contribution is -0.137. The Labute approximate surface area is 142 Å². The molecule has 3 rings (SSSR count). The Balaban J connectivity index is 1.47. The Hall–Kier alpha value is -0.580. The van der Waals surface area contributed by atoms with Crippen molar-refractivity contribution >= 4 is 28.8 Å². The molecule has 0 radical (unpaired) electrons. The first-order valence-electron chi connectivity index (χ1n) is 8.48. The maximum atomic E-state index is 12.7. The summed E-state index contributed by atoms with van der Waals surface area (Å²) in [7, 11) is 0. The Kier molecular flexibility index (Phi) is 5.77. The lowest BCUT2D eigenvalue weighted by atomic mass is 9.95. The van der Waals surface area contributed by atoms with Crippen molar-refractivity contribution in [2.75, 3.05) is 26.2 Å². The molecule has 1 aromatic heterocycles. The number of amides is 1. The highest BCUT2D eigenvalue weighted by Crippen LogP contribution is 2.26. The molecule has 122 valence electrons. The molecule has 5 heteroatoms. The minimum Gasteiger partial charge on any atom is -0.342 e. The van der Waals surface area contributed by atoms with Crippen LogP contribution in [0.2, 0.25) is 4.34 Å². The van der Waals surface area contributed by atoms with Gasteiger partial charge in [-0.1, -0.05) is 24.4 Å². The fourth-order valence-corrected chi connectivity index (χ4v) is 4.67. The number of piperidine rings is 1. The maximum Gasteiger partial charge on any atom is 0.225 e. The molecule has 0 unspecified atom stereocenters. The van der Waals surface area contributed by atoms with Crippen molar-refractivity contribution in [3.05, 3.63) is 21.3 Å². The summed E-state index contributed by atoms with van der Waals surface area (Å²) >= 11 is 7.65. The summed E-state index contributed by atoms with van der Waals surface area (Å²) in [5.74, 6) is 0.669. The van der Waals surface area contributed by atoms with Crippen LogP contribution in [0.25, 0.3) is 0 Å². The molecule has 1 amide bonds. The zero-order chi connectivity index (χ0) is 15.4. The molecule has 0 atom stereocenters. The van der Waals surface area contributed by atoms with Crippen molar-refractivity contribution in [2.45, 2.75) is 45.1 Å². The number of rotatable bonds is 3. The highest BCUT2D eigenvalue weighted by molar-refractivity contribution is 7.16. The highest BCUT2D eigenvalue weighted by Gasteiger charge is 2.28. The number of hydrogen-bond acceptors (Lipinski definition) is 3. The van der Waals surface area contributed by atoms with Crippen molar-refractivity contribution in [3.8, 4) is 0 Å². The van der Waals surface area contributed by atoms with E-state index in [9.17, 15) is 4.79 Å². The molecule has 0 aliphatic carbocycles. The van der Waals surface area contributed by atoms with E-state index >= 15 is 0 Å². The zero-order valence-corrected chi connectivity index (χ0v) is 14.7.